The molecule has 0 aromatic heterocycles. The van der Waals surface area contributed by atoms with Crippen molar-refractivity contribution >= 4 is 11.8 Å². The molecule has 18 heavy (non-hydrogen) atoms. The summed E-state index contributed by atoms with van der Waals surface area (Å²) in [6.45, 7) is 3.27. The van der Waals surface area contributed by atoms with E-state index in [0.29, 0.717) is 6.04 Å². The highest BCUT2D eigenvalue weighted by molar-refractivity contribution is 7.99. The molecule has 0 amide bonds. The van der Waals surface area contributed by atoms with Crippen LogP contribution in [0.15, 0.2) is 23.1 Å². The van der Waals surface area contributed by atoms with E-state index >= 15 is 0 Å². The van der Waals surface area contributed by atoms with E-state index < -0.39 is 0 Å². The van der Waals surface area contributed by atoms with Crippen molar-refractivity contribution in [1.82, 2.24) is 5.32 Å². The molecule has 1 nitrogen and oxygen atoms in total. The van der Waals surface area contributed by atoms with Gasteiger partial charge in [0.05, 0.1) is 0 Å². The van der Waals surface area contributed by atoms with Crippen LogP contribution in [0.4, 0.5) is 4.39 Å². The predicted molar refractivity (Wildman–Crippen MR) is 76.6 cm³/mol. The van der Waals surface area contributed by atoms with Crippen LogP contribution in [0.25, 0.3) is 0 Å². The summed E-state index contributed by atoms with van der Waals surface area (Å²) in [5.41, 5.74) is 1.15. The van der Waals surface area contributed by atoms with E-state index in [4.69, 9.17) is 0 Å². The number of rotatable bonds is 6. The second kappa shape index (κ2) is 7.15. The number of unbranched alkanes of at least 4 members (excludes halogenated alkanes) is 3. The minimum atomic E-state index is -0.0602. The lowest BCUT2D eigenvalue weighted by Crippen LogP contribution is -2.25. The molecule has 0 radical (unpaired) electrons. The van der Waals surface area contributed by atoms with E-state index in [9.17, 15) is 4.39 Å². The zero-order chi connectivity index (χ0) is 12.8. The van der Waals surface area contributed by atoms with Crippen molar-refractivity contribution in [2.75, 3.05) is 12.3 Å². The monoisotopic (exact) mass is 267 g/mol. The van der Waals surface area contributed by atoms with Gasteiger partial charge in [-0.15, -0.1) is 11.8 Å². The molecule has 1 aromatic rings. The van der Waals surface area contributed by atoms with E-state index in [0.717, 1.165) is 29.2 Å². The van der Waals surface area contributed by atoms with Crippen LogP contribution in [0.5, 0.6) is 0 Å². The molecule has 1 atom stereocenters. The second-order valence-corrected chi connectivity index (χ2v) is 5.97. The standard InChI is InChI=1S/C15H22FNS/c1-2-3-4-5-10-17-14-9-11-18-15-12(14)7-6-8-13(15)16/h6-8,14,17H,2-5,9-11H2,1H3. The number of fused-ring (bicyclic) bond motifs is 1. The zero-order valence-corrected chi connectivity index (χ0v) is 11.9. The van der Waals surface area contributed by atoms with Crippen molar-refractivity contribution in [3.8, 4) is 0 Å². The smallest absolute Gasteiger partial charge is 0.137 e. The molecule has 0 aliphatic carbocycles. The van der Waals surface area contributed by atoms with Crippen molar-refractivity contribution in [2.24, 2.45) is 0 Å². The molecule has 3 heteroatoms. The Labute approximate surface area is 114 Å². The Morgan fingerprint density at radius 3 is 3.06 bits per heavy atom. The van der Waals surface area contributed by atoms with Crippen LogP contribution < -0.4 is 5.32 Å². The SMILES string of the molecule is CCCCCCNC1CCSc2c(F)cccc21. The molecule has 0 bridgehead atoms. The molecule has 2 rings (SSSR count). The van der Waals surface area contributed by atoms with Crippen LogP contribution in [-0.4, -0.2) is 12.3 Å². The normalized spacial score (nSPS) is 18.7. The molecule has 0 spiro atoms. The molecular weight excluding hydrogens is 245 g/mol. The van der Waals surface area contributed by atoms with Gasteiger partial charge in [0.15, 0.2) is 0 Å². The molecule has 1 heterocycles. The van der Waals surface area contributed by atoms with Gasteiger partial charge in [-0.05, 0) is 36.8 Å². The first-order chi connectivity index (χ1) is 8.83. The van der Waals surface area contributed by atoms with Gasteiger partial charge in [0.1, 0.15) is 5.82 Å². The van der Waals surface area contributed by atoms with Gasteiger partial charge in [0.25, 0.3) is 0 Å². The Kier molecular flexibility index (Phi) is 5.51. The predicted octanol–water partition coefficient (Wildman–Crippen LogP) is 4.53. The topological polar surface area (TPSA) is 12.0 Å². The van der Waals surface area contributed by atoms with Crippen LogP contribution in [0.1, 0.15) is 50.6 Å². The summed E-state index contributed by atoms with van der Waals surface area (Å²) in [6, 6.07) is 5.80. The Hall–Kier alpha value is -0.540. The Balaban J connectivity index is 1.90. The van der Waals surface area contributed by atoms with E-state index in [1.807, 2.05) is 6.07 Å². The number of nitrogens with one attached hydrogen (secondary N) is 1. The summed E-state index contributed by atoms with van der Waals surface area (Å²) in [7, 11) is 0. The third-order valence-electron chi connectivity index (χ3n) is 3.45. The van der Waals surface area contributed by atoms with E-state index in [1.54, 1.807) is 17.8 Å². The van der Waals surface area contributed by atoms with Crippen LogP contribution >= 0.6 is 11.8 Å². The Morgan fingerprint density at radius 2 is 2.22 bits per heavy atom. The summed E-state index contributed by atoms with van der Waals surface area (Å²) in [6.07, 6.45) is 6.21. The summed E-state index contributed by atoms with van der Waals surface area (Å²) >= 11 is 1.65. The van der Waals surface area contributed by atoms with Gasteiger partial charge in [-0.25, -0.2) is 4.39 Å². The molecule has 0 saturated heterocycles. The number of hydrogen-bond donors (Lipinski definition) is 1. The quantitative estimate of drug-likeness (QED) is 0.760. The third-order valence-corrected chi connectivity index (χ3v) is 4.61. The maximum absolute atomic E-state index is 13.7. The third kappa shape index (κ3) is 3.48. The van der Waals surface area contributed by atoms with Gasteiger partial charge >= 0.3 is 0 Å². The summed E-state index contributed by atoms with van der Waals surface area (Å²) in [5, 5.41) is 3.58. The first-order valence-corrected chi connectivity index (χ1v) is 7.96. The minimum Gasteiger partial charge on any atom is -0.310 e. The maximum Gasteiger partial charge on any atom is 0.137 e. The van der Waals surface area contributed by atoms with Crippen LogP contribution in [0.2, 0.25) is 0 Å². The zero-order valence-electron chi connectivity index (χ0n) is 11.0. The molecule has 1 aliphatic heterocycles. The van der Waals surface area contributed by atoms with Gasteiger partial charge in [-0.3, -0.25) is 0 Å². The first kappa shape index (κ1) is 13.9. The van der Waals surface area contributed by atoms with Crippen molar-refractivity contribution in [1.29, 1.82) is 0 Å². The highest BCUT2D eigenvalue weighted by Gasteiger charge is 2.22. The lowest BCUT2D eigenvalue weighted by atomic mass is 10.0. The van der Waals surface area contributed by atoms with Crippen LogP contribution in [0, 0.1) is 5.82 Å². The second-order valence-electron chi connectivity index (χ2n) is 4.86. The lowest BCUT2D eigenvalue weighted by Gasteiger charge is -2.26. The van der Waals surface area contributed by atoms with Gasteiger partial charge in [0.2, 0.25) is 0 Å². The first-order valence-electron chi connectivity index (χ1n) is 6.97. The fraction of sp³-hybridized carbons (Fsp3) is 0.600. The van der Waals surface area contributed by atoms with Crippen molar-refractivity contribution in [2.45, 2.75) is 50.0 Å². The van der Waals surface area contributed by atoms with Crippen LogP contribution in [0.3, 0.4) is 0 Å². The lowest BCUT2D eigenvalue weighted by molar-refractivity contribution is 0.481. The average Bonchev–Trinajstić information content (AvgIpc) is 2.39. The number of thioether (sulfide) groups is 1. The molecule has 1 N–H and O–H groups in total. The number of hydrogen-bond acceptors (Lipinski definition) is 2. The Bertz CT molecular complexity index is 381. The number of benzene rings is 1. The molecule has 1 aromatic carbocycles. The van der Waals surface area contributed by atoms with E-state index in [2.05, 4.69) is 18.3 Å². The van der Waals surface area contributed by atoms with Crippen molar-refractivity contribution in [3.05, 3.63) is 29.6 Å². The summed E-state index contributed by atoms with van der Waals surface area (Å²) in [4.78, 5) is 0.856. The molecule has 1 aliphatic rings. The summed E-state index contributed by atoms with van der Waals surface area (Å²) in [5.74, 6) is 0.954. The highest BCUT2D eigenvalue weighted by atomic mass is 32.2. The van der Waals surface area contributed by atoms with Crippen molar-refractivity contribution in [3.63, 3.8) is 0 Å². The Morgan fingerprint density at radius 1 is 1.33 bits per heavy atom. The van der Waals surface area contributed by atoms with Crippen LogP contribution in [-0.2, 0) is 0 Å². The van der Waals surface area contributed by atoms with E-state index in [-0.39, 0.29) is 5.82 Å². The van der Waals surface area contributed by atoms with Crippen molar-refractivity contribution < 1.29 is 4.39 Å². The van der Waals surface area contributed by atoms with E-state index in [1.165, 1.54) is 25.7 Å². The van der Waals surface area contributed by atoms with Gasteiger partial charge in [-0.1, -0.05) is 38.3 Å². The highest BCUT2D eigenvalue weighted by Crippen LogP contribution is 2.37. The fourth-order valence-corrected chi connectivity index (χ4v) is 3.57. The molecule has 1 unspecified atom stereocenters. The average molecular weight is 267 g/mol. The van der Waals surface area contributed by atoms with Gasteiger partial charge in [0, 0.05) is 10.9 Å². The number of halogens is 1. The van der Waals surface area contributed by atoms with Gasteiger partial charge < -0.3 is 5.32 Å². The minimum absolute atomic E-state index is 0.0602. The summed E-state index contributed by atoms with van der Waals surface area (Å²) < 4.78 is 13.7. The molecule has 100 valence electrons. The maximum atomic E-state index is 13.7. The largest absolute Gasteiger partial charge is 0.310 e. The fourth-order valence-electron chi connectivity index (χ4n) is 2.43. The van der Waals surface area contributed by atoms with Gasteiger partial charge in [-0.2, -0.15) is 0 Å². The molecule has 0 fully saturated rings. The molecule has 0 saturated carbocycles. The molecular formula is C15H22FNS.